The molecule has 104 valence electrons. The first-order chi connectivity index (χ1) is 8.43. The maximum absolute atomic E-state index is 12.5. The van der Waals surface area contributed by atoms with Gasteiger partial charge in [0, 0.05) is 19.6 Å². The predicted octanol–water partition coefficient (Wildman–Crippen LogP) is 0.363. The molecule has 0 radical (unpaired) electrons. The smallest absolute Gasteiger partial charge is 0.282 e. The number of hydrogen-bond donors (Lipinski definition) is 2. The molecule has 0 aromatic heterocycles. The second kappa shape index (κ2) is 5.14. The van der Waals surface area contributed by atoms with Crippen LogP contribution in [-0.2, 0) is 10.2 Å². The van der Waals surface area contributed by atoms with E-state index in [-0.39, 0.29) is 5.84 Å². The van der Waals surface area contributed by atoms with E-state index in [9.17, 15) is 8.42 Å². The van der Waals surface area contributed by atoms with Gasteiger partial charge < -0.3 is 5.73 Å². The summed E-state index contributed by atoms with van der Waals surface area (Å²) in [6.07, 6.45) is 3.28. The fourth-order valence-corrected chi connectivity index (χ4v) is 4.56. The molecule has 2 aliphatic heterocycles. The van der Waals surface area contributed by atoms with Crippen molar-refractivity contribution in [2.75, 3.05) is 19.6 Å². The Kier molecular flexibility index (Phi) is 3.93. The highest BCUT2D eigenvalue weighted by Gasteiger charge is 2.40. The van der Waals surface area contributed by atoms with Crippen molar-refractivity contribution in [1.82, 2.24) is 8.61 Å². The lowest BCUT2D eigenvalue weighted by Gasteiger charge is -2.34. The van der Waals surface area contributed by atoms with E-state index in [1.54, 1.807) is 4.31 Å². The van der Waals surface area contributed by atoms with Crippen LogP contribution < -0.4 is 5.73 Å². The predicted molar refractivity (Wildman–Crippen MR) is 70.5 cm³/mol. The third kappa shape index (κ3) is 2.53. The van der Waals surface area contributed by atoms with Crippen molar-refractivity contribution in [2.24, 2.45) is 11.7 Å². The lowest BCUT2D eigenvalue weighted by molar-refractivity contribution is 0.267. The van der Waals surface area contributed by atoms with Crippen LogP contribution >= 0.6 is 0 Å². The van der Waals surface area contributed by atoms with Gasteiger partial charge in [-0.2, -0.15) is 17.0 Å². The molecule has 0 bridgehead atoms. The van der Waals surface area contributed by atoms with Crippen LogP contribution in [0.3, 0.4) is 0 Å². The zero-order valence-corrected chi connectivity index (χ0v) is 11.6. The van der Waals surface area contributed by atoms with E-state index in [4.69, 9.17) is 11.1 Å². The Morgan fingerprint density at radius 1 is 1.22 bits per heavy atom. The van der Waals surface area contributed by atoms with E-state index in [0.29, 0.717) is 32.0 Å². The van der Waals surface area contributed by atoms with Crippen LogP contribution in [0.5, 0.6) is 0 Å². The van der Waals surface area contributed by atoms with Crippen LogP contribution in [0.15, 0.2) is 0 Å². The molecule has 2 rings (SSSR count). The molecule has 1 atom stereocenters. The second-order valence-corrected chi connectivity index (χ2v) is 7.19. The van der Waals surface area contributed by atoms with Gasteiger partial charge in [0.15, 0.2) is 0 Å². The molecule has 3 N–H and O–H groups in total. The molecule has 2 aliphatic rings. The molecule has 2 fully saturated rings. The molecule has 18 heavy (non-hydrogen) atoms. The van der Waals surface area contributed by atoms with E-state index in [2.05, 4.69) is 6.92 Å². The Morgan fingerprint density at radius 3 is 2.39 bits per heavy atom. The van der Waals surface area contributed by atoms with Gasteiger partial charge in [0.05, 0.1) is 6.04 Å². The van der Waals surface area contributed by atoms with Crippen molar-refractivity contribution in [3.8, 4) is 0 Å². The molecule has 6 nitrogen and oxygen atoms in total. The number of nitrogens with zero attached hydrogens (tertiary/aromatic N) is 2. The van der Waals surface area contributed by atoms with Gasteiger partial charge in [0.1, 0.15) is 5.84 Å². The largest absolute Gasteiger partial charge is 0.386 e. The van der Waals surface area contributed by atoms with Gasteiger partial charge in [-0.25, -0.2) is 0 Å². The summed E-state index contributed by atoms with van der Waals surface area (Å²) < 4.78 is 28.0. The summed E-state index contributed by atoms with van der Waals surface area (Å²) in [6.45, 7) is 3.81. The minimum absolute atomic E-state index is 0.0403. The summed E-state index contributed by atoms with van der Waals surface area (Å²) in [6, 6.07) is -0.436. The van der Waals surface area contributed by atoms with Crippen LogP contribution in [0.2, 0.25) is 0 Å². The molecule has 2 heterocycles. The Labute approximate surface area is 109 Å². The average molecular weight is 274 g/mol. The highest BCUT2D eigenvalue weighted by atomic mass is 32.2. The van der Waals surface area contributed by atoms with Crippen molar-refractivity contribution in [3.05, 3.63) is 0 Å². The number of nitrogens with one attached hydrogen (secondary N) is 1. The minimum atomic E-state index is -3.43. The van der Waals surface area contributed by atoms with Crippen LogP contribution in [0.4, 0.5) is 0 Å². The van der Waals surface area contributed by atoms with E-state index in [1.165, 1.54) is 4.31 Å². The second-order valence-electron chi connectivity index (χ2n) is 5.31. The highest BCUT2D eigenvalue weighted by molar-refractivity contribution is 7.86. The van der Waals surface area contributed by atoms with Gasteiger partial charge in [-0.05, 0) is 31.6 Å². The summed E-state index contributed by atoms with van der Waals surface area (Å²) in [5.74, 6) is 0.556. The summed E-state index contributed by atoms with van der Waals surface area (Å²) in [5.41, 5.74) is 5.50. The highest BCUT2D eigenvalue weighted by Crippen LogP contribution is 2.26. The van der Waals surface area contributed by atoms with E-state index >= 15 is 0 Å². The van der Waals surface area contributed by atoms with Crippen molar-refractivity contribution in [1.29, 1.82) is 5.41 Å². The van der Waals surface area contributed by atoms with E-state index in [1.807, 2.05) is 0 Å². The first-order valence-corrected chi connectivity index (χ1v) is 7.93. The van der Waals surface area contributed by atoms with E-state index in [0.717, 1.165) is 19.3 Å². The SMILES string of the molecule is CC1CCN(S(=O)(=O)N2CCCC2C(=N)N)CC1. The van der Waals surface area contributed by atoms with Crippen LogP contribution in [0.25, 0.3) is 0 Å². The van der Waals surface area contributed by atoms with Gasteiger partial charge in [-0.3, -0.25) is 5.41 Å². The summed E-state index contributed by atoms with van der Waals surface area (Å²) in [5, 5.41) is 7.50. The number of rotatable bonds is 3. The number of amidine groups is 1. The van der Waals surface area contributed by atoms with Crippen LogP contribution in [0.1, 0.15) is 32.6 Å². The topological polar surface area (TPSA) is 90.5 Å². The standard InChI is InChI=1S/C11H22N4O2S/c1-9-4-7-14(8-5-9)18(16,17)15-6-2-3-10(15)11(12)13/h9-10H,2-8H2,1H3,(H3,12,13). The first kappa shape index (κ1) is 13.8. The van der Waals surface area contributed by atoms with Gasteiger partial charge in [-0.1, -0.05) is 6.92 Å². The summed E-state index contributed by atoms with van der Waals surface area (Å²) in [7, 11) is -3.43. The third-order valence-electron chi connectivity index (χ3n) is 3.93. The number of nitrogens with two attached hydrogens (primary N) is 1. The van der Waals surface area contributed by atoms with E-state index < -0.39 is 16.3 Å². The molecular formula is C11H22N4O2S. The normalized spacial score (nSPS) is 28.6. The van der Waals surface area contributed by atoms with Crippen LogP contribution in [-0.4, -0.2) is 48.5 Å². The van der Waals surface area contributed by atoms with Crippen molar-refractivity contribution >= 4 is 16.0 Å². The maximum atomic E-state index is 12.5. The number of piperidine rings is 1. The van der Waals surface area contributed by atoms with Crippen molar-refractivity contribution in [2.45, 2.75) is 38.6 Å². The molecule has 0 amide bonds. The maximum Gasteiger partial charge on any atom is 0.282 e. The molecular weight excluding hydrogens is 252 g/mol. The van der Waals surface area contributed by atoms with Crippen LogP contribution in [0, 0.1) is 11.3 Å². The summed E-state index contributed by atoms with van der Waals surface area (Å²) >= 11 is 0. The monoisotopic (exact) mass is 274 g/mol. The molecule has 7 heteroatoms. The molecule has 1 unspecified atom stereocenters. The molecule has 2 saturated heterocycles. The Bertz CT molecular complexity index is 415. The Hall–Kier alpha value is -0.660. The quantitative estimate of drug-likeness (QED) is 0.575. The van der Waals surface area contributed by atoms with Gasteiger partial charge in [-0.15, -0.1) is 0 Å². The van der Waals surface area contributed by atoms with Crippen molar-refractivity contribution < 1.29 is 8.42 Å². The summed E-state index contributed by atoms with van der Waals surface area (Å²) in [4.78, 5) is 0. The molecule has 0 saturated carbocycles. The number of hydrogen-bond acceptors (Lipinski definition) is 3. The molecule has 0 spiro atoms. The fraction of sp³-hybridized carbons (Fsp3) is 0.909. The van der Waals surface area contributed by atoms with Crippen molar-refractivity contribution in [3.63, 3.8) is 0 Å². The molecule has 0 aromatic carbocycles. The van der Waals surface area contributed by atoms with Gasteiger partial charge >= 0.3 is 0 Å². The fourth-order valence-electron chi connectivity index (χ4n) is 2.69. The molecule has 0 aliphatic carbocycles. The average Bonchev–Trinajstić information content (AvgIpc) is 2.79. The Balaban J connectivity index is 2.13. The first-order valence-electron chi connectivity index (χ1n) is 6.53. The zero-order chi connectivity index (χ0) is 13.3. The van der Waals surface area contributed by atoms with Gasteiger partial charge in [0.25, 0.3) is 10.2 Å². The third-order valence-corrected chi connectivity index (χ3v) is 5.98. The minimum Gasteiger partial charge on any atom is -0.386 e. The lowest BCUT2D eigenvalue weighted by Crippen LogP contribution is -2.51. The zero-order valence-electron chi connectivity index (χ0n) is 10.8. The lowest BCUT2D eigenvalue weighted by atomic mass is 10.0. The van der Waals surface area contributed by atoms with Gasteiger partial charge in [0.2, 0.25) is 0 Å². The molecule has 0 aromatic rings. The Morgan fingerprint density at radius 2 is 1.83 bits per heavy atom.